The standard InChI is InChI=1S/C22H23B2FS.C22H26BFS/c1-14(16-5-8-18(23)9-6-16)3-4-15(2)17-7-10-19(20(25)13-17)21-11-12-22(24)26-21;23-22-13-12-21(25-22)19-11-10-18(14-20(19)24)17-8-6-16(7-9-17)15-4-2-1-3-5-15/h3-4,7,10-13,16,18H,5-6,8-9H2,1-2H3;10-17H,1-9H2/b14-3+,15-4+;. The molecule has 3 saturated carbocycles. The van der Waals surface area contributed by atoms with Crippen molar-refractivity contribution in [2.24, 2.45) is 17.8 Å². The Kier molecular flexibility index (Phi) is 13.4. The molecule has 2 heterocycles. The van der Waals surface area contributed by atoms with Crippen LogP contribution in [0.5, 0.6) is 0 Å². The van der Waals surface area contributed by atoms with E-state index in [0.717, 1.165) is 50.3 Å². The van der Waals surface area contributed by atoms with Crippen molar-refractivity contribution in [3.8, 4) is 20.9 Å². The largest absolute Gasteiger partial charge is 0.206 e. The molecule has 6 radical (unpaired) electrons. The van der Waals surface area contributed by atoms with Crippen LogP contribution in [0, 0.1) is 29.4 Å². The van der Waals surface area contributed by atoms with Gasteiger partial charge in [0.25, 0.3) is 0 Å². The summed E-state index contributed by atoms with van der Waals surface area (Å²) in [7, 11) is 17.5. The van der Waals surface area contributed by atoms with Crippen molar-refractivity contribution in [2.45, 2.75) is 109 Å². The van der Waals surface area contributed by atoms with Gasteiger partial charge in [-0.15, -0.1) is 0 Å². The van der Waals surface area contributed by atoms with Crippen molar-refractivity contribution in [3.05, 3.63) is 101 Å². The summed E-state index contributed by atoms with van der Waals surface area (Å²) in [6.45, 7) is 4.22. The molecule has 0 amide bonds. The van der Waals surface area contributed by atoms with Gasteiger partial charge in [-0.25, -0.2) is 8.78 Å². The van der Waals surface area contributed by atoms with Crippen molar-refractivity contribution in [1.29, 1.82) is 0 Å². The zero-order valence-electron chi connectivity index (χ0n) is 30.3. The average molecular weight is 712 g/mol. The van der Waals surface area contributed by atoms with Gasteiger partial charge >= 0.3 is 0 Å². The second kappa shape index (κ2) is 17.9. The molecular weight excluding hydrogens is 663 g/mol. The van der Waals surface area contributed by atoms with Crippen LogP contribution in [-0.2, 0) is 0 Å². The first-order valence-electron chi connectivity index (χ1n) is 19.1. The summed E-state index contributed by atoms with van der Waals surface area (Å²) >= 11 is 2.85. The number of benzene rings is 2. The molecule has 7 heteroatoms. The van der Waals surface area contributed by atoms with E-state index in [4.69, 9.17) is 23.5 Å². The molecule has 0 bridgehead atoms. The lowest BCUT2D eigenvalue weighted by atomic mass is 9.70. The molecule has 0 unspecified atom stereocenters. The molecule has 2 aromatic carbocycles. The minimum atomic E-state index is -0.209. The second-order valence-electron chi connectivity index (χ2n) is 15.2. The van der Waals surface area contributed by atoms with Gasteiger partial charge in [0, 0.05) is 20.9 Å². The molecule has 0 saturated heterocycles. The summed E-state index contributed by atoms with van der Waals surface area (Å²) in [6.07, 6.45) is 21.2. The van der Waals surface area contributed by atoms with Gasteiger partial charge in [-0.05, 0) is 127 Å². The van der Waals surface area contributed by atoms with Gasteiger partial charge in [-0.1, -0.05) is 105 Å². The molecule has 3 aliphatic rings. The zero-order valence-corrected chi connectivity index (χ0v) is 31.9. The van der Waals surface area contributed by atoms with Crippen LogP contribution in [0.3, 0.4) is 0 Å². The van der Waals surface area contributed by atoms with E-state index >= 15 is 0 Å². The lowest BCUT2D eigenvalue weighted by Crippen LogP contribution is -2.23. The van der Waals surface area contributed by atoms with Crippen molar-refractivity contribution >= 4 is 61.3 Å². The van der Waals surface area contributed by atoms with Crippen LogP contribution < -0.4 is 9.55 Å². The molecule has 3 fully saturated rings. The Morgan fingerprint density at radius 1 is 0.627 bits per heavy atom. The highest BCUT2D eigenvalue weighted by atomic mass is 32.1. The topological polar surface area (TPSA) is 0 Å². The van der Waals surface area contributed by atoms with Crippen molar-refractivity contribution < 1.29 is 8.78 Å². The third-order valence-corrected chi connectivity index (χ3v) is 13.7. The van der Waals surface area contributed by atoms with Gasteiger partial charge in [-0.3, -0.25) is 0 Å². The van der Waals surface area contributed by atoms with Gasteiger partial charge in [0.1, 0.15) is 27.3 Å². The molecule has 7 rings (SSSR count). The fourth-order valence-corrected chi connectivity index (χ4v) is 10.1. The predicted molar refractivity (Wildman–Crippen MR) is 220 cm³/mol. The molecule has 51 heavy (non-hydrogen) atoms. The predicted octanol–water partition coefficient (Wildman–Crippen LogP) is 12.0. The Morgan fingerprint density at radius 2 is 1.20 bits per heavy atom. The first kappa shape index (κ1) is 38.1. The maximum absolute atomic E-state index is 14.6. The summed E-state index contributed by atoms with van der Waals surface area (Å²) in [5, 5.41) is 0. The van der Waals surface area contributed by atoms with Crippen molar-refractivity contribution in [1.82, 2.24) is 0 Å². The number of allylic oxidation sites excluding steroid dienone is 4. The normalized spacial score (nSPS) is 23.5. The highest BCUT2D eigenvalue weighted by Crippen LogP contribution is 2.43. The van der Waals surface area contributed by atoms with Crippen molar-refractivity contribution in [3.63, 3.8) is 0 Å². The number of hydrogen-bond acceptors (Lipinski definition) is 2. The molecule has 0 atom stereocenters. The smallest absolute Gasteiger partial charge is 0.132 e. The van der Waals surface area contributed by atoms with Crippen molar-refractivity contribution in [2.75, 3.05) is 0 Å². The Bertz CT molecular complexity index is 1800. The molecule has 2 aromatic heterocycles. The third kappa shape index (κ3) is 10.1. The van der Waals surface area contributed by atoms with E-state index in [1.807, 2.05) is 49.4 Å². The van der Waals surface area contributed by atoms with Gasteiger partial charge in [0.2, 0.25) is 0 Å². The quantitative estimate of drug-likeness (QED) is 0.132. The van der Waals surface area contributed by atoms with E-state index in [9.17, 15) is 8.78 Å². The fourth-order valence-electron chi connectivity index (χ4n) is 8.53. The first-order chi connectivity index (χ1) is 24.6. The minimum absolute atomic E-state index is 0.103. The number of halogens is 2. The lowest BCUT2D eigenvalue weighted by molar-refractivity contribution is 0.186. The van der Waals surface area contributed by atoms with Crippen LogP contribution in [0.1, 0.15) is 114 Å². The van der Waals surface area contributed by atoms with E-state index in [-0.39, 0.29) is 11.6 Å². The highest BCUT2D eigenvalue weighted by Gasteiger charge is 2.29. The van der Waals surface area contributed by atoms with Gasteiger partial charge in [-0.2, -0.15) is 22.7 Å². The molecule has 4 aromatic rings. The first-order valence-corrected chi connectivity index (χ1v) is 20.7. The third-order valence-electron chi connectivity index (χ3n) is 11.8. The van der Waals surface area contributed by atoms with Gasteiger partial charge in [0.05, 0.1) is 7.85 Å². The summed E-state index contributed by atoms with van der Waals surface area (Å²) in [5.41, 5.74) is 5.84. The minimum Gasteiger partial charge on any atom is -0.206 e. The van der Waals surface area contributed by atoms with E-state index < -0.39 is 0 Å². The zero-order chi connectivity index (χ0) is 35.9. The van der Waals surface area contributed by atoms with Crippen LogP contribution in [0.15, 0.2) is 78.4 Å². The van der Waals surface area contributed by atoms with E-state index in [0.29, 0.717) is 33.6 Å². The summed E-state index contributed by atoms with van der Waals surface area (Å²) in [6, 6.07) is 18.7. The second-order valence-corrected chi connectivity index (χ2v) is 17.5. The summed E-state index contributed by atoms with van der Waals surface area (Å²) in [4.78, 5) is 1.78. The fraction of sp³-hybridized carbons (Fsp3) is 0.455. The molecular formula is C44H49B3F2S2. The van der Waals surface area contributed by atoms with E-state index in [2.05, 4.69) is 25.1 Å². The van der Waals surface area contributed by atoms with Gasteiger partial charge in [0.15, 0.2) is 0 Å². The number of rotatable bonds is 7. The lowest BCUT2D eigenvalue weighted by Gasteiger charge is -2.36. The molecule has 0 nitrogen and oxygen atoms in total. The summed E-state index contributed by atoms with van der Waals surface area (Å²) < 4.78 is 30.6. The molecule has 0 aliphatic heterocycles. The molecule has 260 valence electrons. The van der Waals surface area contributed by atoms with Crippen LogP contribution >= 0.6 is 22.7 Å². The number of hydrogen-bond donors (Lipinski definition) is 0. The van der Waals surface area contributed by atoms with Gasteiger partial charge < -0.3 is 0 Å². The number of thiophene rings is 2. The molecule has 0 spiro atoms. The van der Waals surface area contributed by atoms with Crippen LogP contribution in [0.25, 0.3) is 26.5 Å². The molecule has 0 N–H and O–H groups in total. The maximum Gasteiger partial charge on any atom is 0.132 e. The average Bonchev–Trinajstić information content (AvgIpc) is 3.79. The van der Waals surface area contributed by atoms with Crippen LogP contribution in [0.4, 0.5) is 8.78 Å². The Morgan fingerprint density at radius 3 is 1.75 bits per heavy atom. The SMILES string of the molecule is [B]c1ccc(-c2ccc(/C(C)=C/C=C(\C)C3CCC([B])CC3)cc2F)s1.[B]c1ccc(-c2ccc(C3CCC(C4CCCCC4)CC3)cc2F)s1. The molecule has 3 aliphatic carbocycles. The van der Waals surface area contributed by atoms with E-state index in [1.165, 1.54) is 104 Å². The van der Waals surface area contributed by atoms with Crippen LogP contribution in [0.2, 0.25) is 5.82 Å². The van der Waals surface area contributed by atoms with Crippen LogP contribution in [-0.4, -0.2) is 23.5 Å². The Balaban J connectivity index is 0.000000176. The summed E-state index contributed by atoms with van der Waals surface area (Å²) in [5.74, 6) is 3.12. The Labute approximate surface area is 317 Å². The Hall–Kier alpha value is -2.63. The monoisotopic (exact) mass is 712 g/mol. The van der Waals surface area contributed by atoms with E-state index in [1.54, 1.807) is 12.1 Å². The highest BCUT2D eigenvalue weighted by molar-refractivity contribution is 7.23. The maximum atomic E-state index is 14.6.